The zero-order valence-corrected chi connectivity index (χ0v) is 9.10. The molecule has 0 aromatic heterocycles. The van der Waals surface area contributed by atoms with Crippen LogP contribution in [0.15, 0.2) is 24.3 Å². The Kier molecular flexibility index (Phi) is 4.06. The third-order valence-corrected chi connectivity index (χ3v) is 3.04. The Morgan fingerprint density at radius 3 is 2.75 bits per heavy atom. The minimum absolute atomic E-state index is 0.739. The molecule has 0 saturated heterocycles. The van der Waals surface area contributed by atoms with Gasteiger partial charge >= 0.3 is 0 Å². The molecule has 1 rings (SSSR count). The van der Waals surface area contributed by atoms with Crippen molar-refractivity contribution >= 4 is 39.8 Å². The van der Waals surface area contributed by atoms with Gasteiger partial charge < -0.3 is 0 Å². The molecule has 0 saturated carbocycles. The summed E-state index contributed by atoms with van der Waals surface area (Å²) < 4.78 is 0.878. The van der Waals surface area contributed by atoms with Crippen LogP contribution in [-0.4, -0.2) is 9.95 Å². The van der Waals surface area contributed by atoms with E-state index < -0.39 is 0 Å². The third kappa shape index (κ3) is 2.47. The Morgan fingerprint density at radius 2 is 2.17 bits per heavy atom. The molecule has 0 unspecified atom stereocenters. The normalized spacial score (nSPS) is 9.83. The molecule has 0 amide bonds. The largest absolute Gasteiger partial charge is 0.114 e. The Bertz CT molecular complexity index is 284. The van der Waals surface area contributed by atoms with Crippen LogP contribution in [-0.2, 0) is 0 Å². The SMILES string of the molecule is CCSC(=S)c1ccccc1Cl. The molecule has 0 aliphatic carbocycles. The summed E-state index contributed by atoms with van der Waals surface area (Å²) in [5, 5.41) is 0.739. The summed E-state index contributed by atoms with van der Waals surface area (Å²) in [5.41, 5.74) is 0.973. The van der Waals surface area contributed by atoms with E-state index in [0.29, 0.717) is 0 Å². The third-order valence-electron chi connectivity index (χ3n) is 1.37. The van der Waals surface area contributed by atoms with E-state index in [9.17, 15) is 0 Å². The van der Waals surface area contributed by atoms with Crippen LogP contribution in [0.5, 0.6) is 0 Å². The fourth-order valence-corrected chi connectivity index (χ4v) is 2.31. The maximum absolute atomic E-state index is 5.95. The molecular formula is C9H9ClS2. The number of halogens is 1. The average molecular weight is 217 g/mol. The Morgan fingerprint density at radius 1 is 1.50 bits per heavy atom. The van der Waals surface area contributed by atoms with Gasteiger partial charge in [-0.1, -0.05) is 48.9 Å². The summed E-state index contributed by atoms with van der Waals surface area (Å²) in [7, 11) is 0. The van der Waals surface area contributed by atoms with Crippen LogP contribution in [0.2, 0.25) is 5.02 Å². The van der Waals surface area contributed by atoms with E-state index in [1.165, 1.54) is 0 Å². The maximum atomic E-state index is 5.95. The van der Waals surface area contributed by atoms with Crippen LogP contribution in [0.1, 0.15) is 12.5 Å². The van der Waals surface area contributed by atoms with Crippen molar-refractivity contribution in [1.82, 2.24) is 0 Å². The van der Waals surface area contributed by atoms with Crippen molar-refractivity contribution in [3.8, 4) is 0 Å². The Labute approximate surface area is 87.3 Å². The second-order valence-electron chi connectivity index (χ2n) is 2.20. The Hall–Kier alpha value is -0.0500. The summed E-state index contributed by atoms with van der Waals surface area (Å²) in [5.74, 6) is 0.990. The van der Waals surface area contributed by atoms with Crippen LogP contribution in [0.3, 0.4) is 0 Å². The lowest BCUT2D eigenvalue weighted by atomic mass is 10.2. The van der Waals surface area contributed by atoms with Gasteiger partial charge in [0.2, 0.25) is 0 Å². The summed E-state index contributed by atoms with van der Waals surface area (Å²) in [6.45, 7) is 2.08. The van der Waals surface area contributed by atoms with Gasteiger partial charge in [0.15, 0.2) is 0 Å². The van der Waals surface area contributed by atoms with Crippen molar-refractivity contribution in [3.63, 3.8) is 0 Å². The van der Waals surface area contributed by atoms with Crippen LogP contribution in [0.4, 0.5) is 0 Å². The molecule has 0 radical (unpaired) electrons. The molecule has 3 heteroatoms. The molecular weight excluding hydrogens is 208 g/mol. The van der Waals surface area contributed by atoms with Crippen molar-refractivity contribution in [2.24, 2.45) is 0 Å². The molecule has 12 heavy (non-hydrogen) atoms. The second kappa shape index (κ2) is 4.85. The minimum Gasteiger partial charge on any atom is -0.114 e. The van der Waals surface area contributed by atoms with Gasteiger partial charge in [-0.2, -0.15) is 0 Å². The fourth-order valence-electron chi connectivity index (χ4n) is 0.836. The fraction of sp³-hybridized carbons (Fsp3) is 0.222. The van der Waals surface area contributed by atoms with Gasteiger partial charge in [-0.15, -0.1) is 11.8 Å². The van der Waals surface area contributed by atoms with E-state index in [2.05, 4.69) is 6.92 Å². The molecule has 0 atom stereocenters. The predicted octanol–water partition coefficient (Wildman–Crippen LogP) is 3.77. The smallest absolute Gasteiger partial charge is 0.0793 e. The maximum Gasteiger partial charge on any atom is 0.0793 e. The second-order valence-corrected chi connectivity index (χ2v) is 4.55. The first kappa shape index (κ1) is 10.0. The monoisotopic (exact) mass is 216 g/mol. The van der Waals surface area contributed by atoms with Crippen LogP contribution in [0.25, 0.3) is 0 Å². The molecule has 0 nitrogen and oxygen atoms in total. The van der Waals surface area contributed by atoms with Crippen molar-refractivity contribution in [2.45, 2.75) is 6.92 Å². The first-order valence-corrected chi connectivity index (χ1v) is 5.44. The zero-order chi connectivity index (χ0) is 8.97. The molecule has 1 aromatic carbocycles. The van der Waals surface area contributed by atoms with E-state index in [1.54, 1.807) is 11.8 Å². The molecule has 0 heterocycles. The Balaban J connectivity index is 2.87. The van der Waals surface area contributed by atoms with Crippen LogP contribution < -0.4 is 0 Å². The number of thiocarbonyl (C=S) groups is 1. The predicted molar refractivity (Wildman–Crippen MR) is 61.3 cm³/mol. The lowest BCUT2D eigenvalue weighted by Gasteiger charge is -2.02. The summed E-state index contributed by atoms with van der Waals surface area (Å²) >= 11 is 12.8. The topological polar surface area (TPSA) is 0 Å². The minimum atomic E-state index is 0.739. The summed E-state index contributed by atoms with van der Waals surface area (Å²) in [4.78, 5) is 0. The highest BCUT2D eigenvalue weighted by Crippen LogP contribution is 2.21. The van der Waals surface area contributed by atoms with Crippen molar-refractivity contribution in [3.05, 3.63) is 34.9 Å². The van der Waals surface area contributed by atoms with Gasteiger partial charge in [-0.05, 0) is 11.8 Å². The van der Waals surface area contributed by atoms with Crippen molar-refractivity contribution < 1.29 is 0 Å². The van der Waals surface area contributed by atoms with Gasteiger partial charge in [0.25, 0.3) is 0 Å². The zero-order valence-electron chi connectivity index (χ0n) is 6.71. The number of rotatable bonds is 2. The molecule has 0 fully saturated rings. The van der Waals surface area contributed by atoms with Gasteiger partial charge in [0.05, 0.1) is 4.20 Å². The molecule has 0 spiro atoms. The van der Waals surface area contributed by atoms with Crippen LogP contribution in [0, 0.1) is 0 Å². The number of benzene rings is 1. The molecule has 64 valence electrons. The number of thioether (sulfide) groups is 1. The van der Waals surface area contributed by atoms with Crippen molar-refractivity contribution in [1.29, 1.82) is 0 Å². The van der Waals surface area contributed by atoms with E-state index in [-0.39, 0.29) is 0 Å². The standard InChI is InChI=1S/C9H9ClS2/c1-2-12-9(11)7-5-3-4-6-8(7)10/h3-6H,2H2,1H3. The number of hydrogen-bond acceptors (Lipinski definition) is 2. The molecule has 0 N–H and O–H groups in total. The lowest BCUT2D eigenvalue weighted by Crippen LogP contribution is -1.92. The number of hydrogen-bond donors (Lipinski definition) is 0. The average Bonchev–Trinajstić information content (AvgIpc) is 2.05. The molecule has 0 bridgehead atoms. The highest BCUT2D eigenvalue weighted by atomic mass is 35.5. The highest BCUT2D eigenvalue weighted by molar-refractivity contribution is 8.23. The van der Waals surface area contributed by atoms with Gasteiger partial charge in [0.1, 0.15) is 0 Å². The van der Waals surface area contributed by atoms with Gasteiger partial charge in [0, 0.05) is 10.6 Å². The molecule has 0 aliphatic rings. The molecule has 1 aromatic rings. The summed E-state index contributed by atoms with van der Waals surface area (Å²) in [6.07, 6.45) is 0. The first-order chi connectivity index (χ1) is 5.75. The van der Waals surface area contributed by atoms with E-state index >= 15 is 0 Å². The van der Waals surface area contributed by atoms with E-state index in [4.69, 9.17) is 23.8 Å². The lowest BCUT2D eigenvalue weighted by molar-refractivity contribution is 1.54. The first-order valence-electron chi connectivity index (χ1n) is 3.67. The highest BCUT2D eigenvalue weighted by Gasteiger charge is 2.03. The van der Waals surface area contributed by atoms with Gasteiger partial charge in [-0.3, -0.25) is 0 Å². The summed E-state index contributed by atoms with van der Waals surface area (Å²) in [6, 6.07) is 7.67. The quantitative estimate of drug-likeness (QED) is 0.691. The van der Waals surface area contributed by atoms with E-state index in [0.717, 1.165) is 20.5 Å². The van der Waals surface area contributed by atoms with Crippen LogP contribution >= 0.6 is 35.6 Å². The van der Waals surface area contributed by atoms with Crippen molar-refractivity contribution in [2.75, 3.05) is 5.75 Å². The molecule has 0 aliphatic heterocycles. The van der Waals surface area contributed by atoms with E-state index in [1.807, 2.05) is 24.3 Å². The van der Waals surface area contributed by atoms with Gasteiger partial charge in [-0.25, -0.2) is 0 Å².